The molecule has 0 radical (unpaired) electrons. The molecular formula is C9H18N2S. The summed E-state index contributed by atoms with van der Waals surface area (Å²) < 4.78 is 0. The lowest BCUT2D eigenvalue weighted by Gasteiger charge is -2.04. The highest BCUT2D eigenvalue weighted by Gasteiger charge is 1.99. The van der Waals surface area contributed by atoms with Crippen LogP contribution < -0.4 is 4.90 Å². The molecule has 3 heteroatoms. The van der Waals surface area contributed by atoms with Gasteiger partial charge in [-0.15, -0.1) is 11.3 Å². The molecule has 0 amide bonds. The summed E-state index contributed by atoms with van der Waals surface area (Å²) in [7, 11) is 4.02. The second-order valence-corrected chi connectivity index (χ2v) is 3.21. The minimum Gasteiger partial charge on any atom is -0.354 e. The quantitative estimate of drug-likeness (QED) is 0.706. The summed E-state index contributed by atoms with van der Waals surface area (Å²) in [5.41, 5.74) is 1.19. The number of anilines is 1. The van der Waals surface area contributed by atoms with E-state index in [1.54, 1.807) is 11.3 Å². The van der Waals surface area contributed by atoms with Gasteiger partial charge in [-0.1, -0.05) is 20.8 Å². The van der Waals surface area contributed by atoms with Crippen molar-refractivity contribution in [2.75, 3.05) is 19.0 Å². The smallest absolute Gasteiger partial charge is 0.184 e. The normalized spacial score (nSPS) is 8.75. The lowest BCUT2D eigenvalue weighted by Crippen LogP contribution is -2.07. The van der Waals surface area contributed by atoms with Crippen molar-refractivity contribution >= 4 is 16.5 Å². The molecule has 0 aliphatic heterocycles. The van der Waals surface area contributed by atoms with Crippen LogP contribution in [0.15, 0.2) is 5.38 Å². The topological polar surface area (TPSA) is 16.1 Å². The molecule has 70 valence electrons. The van der Waals surface area contributed by atoms with E-state index in [0.29, 0.717) is 0 Å². The number of rotatable bonds is 2. The molecule has 0 bridgehead atoms. The molecule has 0 atom stereocenters. The van der Waals surface area contributed by atoms with Gasteiger partial charge in [0.05, 0.1) is 5.69 Å². The lowest BCUT2D eigenvalue weighted by atomic mass is 10.4. The lowest BCUT2D eigenvalue weighted by molar-refractivity contribution is 1.02. The van der Waals surface area contributed by atoms with Gasteiger partial charge in [-0.25, -0.2) is 4.98 Å². The molecular weight excluding hydrogens is 168 g/mol. The number of nitrogens with zero attached hydrogens (tertiary/aromatic N) is 2. The second kappa shape index (κ2) is 6.00. The summed E-state index contributed by atoms with van der Waals surface area (Å²) in [5, 5.41) is 3.20. The van der Waals surface area contributed by atoms with Crippen molar-refractivity contribution in [3.05, 3.63) is 11.1 Å². The van der Waals surface area contributed by atoms with E-state index in [1.165, 1.54) is 5.69 Å². The minimum atomic E-state index is 1.03. The van der Waals surface area contributed by atoms with Crippen molar-refractivity contribution in [3.8, 4) is 0 Å². The molecule has 0 spiro atoms. The molecule has 0 N–H and O–H groups in total. The Kier molecular flexibility index (Phi) is 5.72. The van der Waals surface area contributed by atoms with E-state index in [1.807, 2.05) is 32.8 Å². The Balaban J connectivity index is 0.000000561. The van der Waals surface area contributed by atoms with E-state index in [2.05, 4.69) is 17.3 Å². The van der Waals surface area contributed by atoms with Gasteiger partial charge in [0, 0.05) is 19.5 Å². The minimum absolute atomic E-state index is 1.03. The standard InChI is InChI=1S/C7H12N2S.C2H6/c1-4-6-5-10-7(8-6)9(2)3;1-2/h5H,4H2,1-3H3;1-2H3. The Bertz CT molecular complexity index is 206. The highest BCUT2D eigenvalue weighted by molar-refractivity contribution is 7.13. The molecule has 12 heavy (non-hydrogen) atoms. The average Bonchev–Trinajstić information content (AvgIpc) is 2.55. The Morgan fingerprint density at radius 3 is 2.25 bits per heavy atom. The molecule has 0 unspecified atom stereocenters. The summed E-state index contributed by atoms with van der Waals surface area (Å²) in [6.07, 6.45) is 1.03. The summed E-state index contributed by atoms with van der Waals surface area (Å²) in [5.74, 6) is 0. The first-order valence-corrected chi connectivity index (χ1v) is 5.23. The molecule has 0 saturated carbocycles. The zero-order valence-corrected chi connectivity index (χ0v) is 9.40. The number of hydrogen-bond acceptors (Lipinski definition) is 3. The van der Waals surface area contributed by atoms with Crippen LogP contribution in [0, 0.1) is 0 Å². The third-order valence-corrected chi connectivity index (χ3v) is 2.34. The van der Waals surface area contributed by atoms with Crippen LogP contribution in [-0.2, 0) is 6.42 Å². The van der Waals surface area contributed by atoms with Gasteiger partial charge in [0.1, 0.15) is 0 Å². The average molecular weight is 186 g/mol. The predicted octanol–water partition coefficient (Wildman–Crippen LogP) is 2.80. The fourth-order valence-electron chi connectivity index (χ4n) is 0.664. The van der Waals surface area contributed by atoms with E-state index >= 15 is 0 Å². The number of hydrogen-bond donors (Lipinski definition) is 0. The Labute approximate surface area is 79.2 Å². The molecule has 2 nitrogen and oxygen atoms in total. The molecule has 0 fully saturated rings. The summed E-state index contributed by atoms with van der Waals surface area (Å²) >= 11 is 1.70. The van der Waals surface area contributed by atoms with Gasteiger partial charge in [0.25, 0.3) is 0 Å². The van der Waals surface area contributed by atoms with Crippen molar-refractivity contribution in [1.29, 1.82) is 0 Å². The highest BCUT2D eigenvalue weighted by Crippen LogP contribution is 2.17. The van der Waals surface area contributed by atoms with Gasteiger partial charge < -0.3 is 4.90 Å². The maximum atomic E-state index is 4.37. The number of aromatic nitrogens is 1. The van der Waals surface area contributed by atoms with E-state index in [4.69, 9.17) is 0 Å². The van der Waals surface area contributed by atoms with Crippen molar-refractivity contribution < 1.29 is 0 Å². The van der Waals surface area contributed by atoms with Crippen LogP contribution in [0.25, 0.3) is 0 Å². The van der Waals surface area contributed by atoms with Gasteiger partial charge in [-0.2, -0.15) is 0 Å². The van der Waals surface area contributed by atoms with Crippen LogP contribution in [-0.4, -0.2) is 19.1 Å². The SMILES string of the molecule is CC.CCc1csc(N(C)C)n1. The van der Waals surface area contributed by atoms with Crippen LogP contribution in [0.1, 0.15) is 26.5 Å². The molecule has 0 aliphatic rings. The van der Waals surface area contributed by atoms with Crippen molar-refractivity contribution in [2.45, 2.75) is 27.2 Å². The molecule has 1 heterocycles. The van der Waals surface area contributed by atoms with E-state index < -0.39 is 0 Å². The summed E-state index contributed by atoms with van der Waals surface area (Å²) in [6.45, 7) is 6.12. The van der Waals surface area contributed by atoms with Crippen LogP contribution in [0.3, 0.4) is 0 Å². The molecule has 1 aromatic rings. The Hall–Kier alpha value is -0.570. The first-order valence-electron chi connectivity index (χ1n) is 4.35. The van der Waals surface area contributed by atoms with E-state index in [-0.39, 0.29) is 0 Å². The van der Waals surface area contributed by atoms with E-state index in [0.717, 1.165) is 11.6 Å². The third-order valence-electron chi connectivity index (χ3n) is 1.28. The van der Waals surface area contributed by atoms with Crippen molar-refractivity contribution in [1.82, 2.24) is 4.98 Å². The van der Waals surface area contributed by atoms with Gasteiger partial charge in [0.2, 0.25) is 0 Å². The maximum absolute atomic E-state index is 4.37. The molecule has 1 rings (SSSR count). The Morgan fingerprint density at radius 2 is 2.00 bits per heavy atom. The second-order valence-electron chi connectivity index (χ2n) is 2.37. The highest BCUT2D eigenvalue weighted by atomic mass is 32.1. The number of aryl methyl sites for hydroxylation is 1. The zero-order valence-electron chi connectivity index (χ0n) is 8.59. The maximum Gasteiger partial charge on any atom is 0.184 e. The van der Waals surface area contributed by atoms with Crippen LogP contribution >= 0.6 is 11.3 Å². The van der Waals surface area contributed by atoms with Crippen molar-refractivity contribution in [2.24, 2.45) is 0 Å². The zero-order chi connectivity index (χ0) is 9.56. The molecule has 0 aromatic carbocycles. The van der Waals surface area contributed by atoms with Gasteiger partial charge in [0.15, 0.2) is 5.13 Å². The molecule has 1 aromatic heterocycles. The molecule has 0 saturated heterocycles. The van der Waals surface area contributed by atoms with Gasteiger partial charge >= 0.3 is 0 Å². The summed E-state index contributed by atoms with van der Waals surface area (Å²) in [6, 6.07) is 0. The van der Waals surface area contributed by atoms with E-state index in [9.17, 15) is 0 Å². The monoisotopic (exact) mass is 186 g/mol. The first kappa shape index (κ1) is 11.4. The fraction of sp³-hybridized carbons (Fsp3) is 0.667. The summed E-state index contributed by atoms with van der Waals surface area (Å²) in [4.78, 5) is 6.40. The fourth-order valence-corrected chi connectivity index (χ4v) is 1.51. The largest absolute Gasteiger partial charge is 0.354 e. The van der Waals surface area contributed by atoms with Crippen molar-refractivity contribution in [3.63, 3.8) is 0 Å². The predicted molar refractivity (Wildman–Crippen MR) is 57.2 cm³/mol. The van der Waals surface area contributed by atoms with Crippen LogP contribution in [0.4, 0.5) is 5.13 Å². The number of thiazole rings is 1. The Morgan fingerprint density at radius 1 is 1.42 bits per heavy atom. The molecule has 0 aliphatic carbocycles. The third kappa shape index (κ3) is 3.22. The van der Waals surface area contributed by atoms with Gasteiger partial charge in [-0.05, 0) is 6.42 Å². The first-order chi connectivity index (χ1) is 5.74. The van der Waals surface area contributed by atoms with Crippen LogP contribution in [0.2, 0.25) is 0 Å². The van der Waals surface area contributed by atoms with Gasteiger partial charge in [-0.3, -0.25) is 0 Å². The van der Waals surface area contributed by atoms with Crippen LogP contribution in [0.5, 0.6) is 0 Å².